The minimum absolute atomic E-state index is 0.0353. The van der Waals surface area contributed by atoms with Gasteiger partial charge in [0.2, 0.25) is 0 Å². The normalized spacial score (nSPS) is 11.0. The summed E-state index contributed by atoms with van der Waals surface area (Å²) in [6.07, 6.45) is 0. The third-order valence-electron chi connectivity index (χ3n) is 4.11. The number of carbonyl (C=O) groups excluding carboxylic acids is 2. The van der Waals surface area contributed by atoms with Crippen LogP contribution in [0.15, 0.2) is 82.2 Å². The average molecular weight is 489 g/mol. The minimum Gasteiger partial charge on any atom is -0.454 e. The number of Topliss-reactive ketones (excluding diaryl/α,β-unsaturated/α-hetero) is 1. The Balaban J connectivity index is 1.60. The van der Waals surface area contributed by atoms with Crippen molar-refractivity contribution in [3.05, 3.63) is 94.0 Å². The monoisotopic (exact) mass is 488 g/mol. The second kappa shape index (κ2) is 9.23. The summed E-state index contributed by atoms with van der Waals surface area (Å²) in [7, 11) is -3.98. The highest BCUT2D eigenvalue weighted by molar-refractivity contribution is 9.10. The standard InChI is InChI=1S/C22H17BrO6S/c1-15-2-12-20(13-3-15)30(26,27)29-19-10-6-16(7-11-19)21(24)14-28-22(25)17-4-8-18(23)9-5-17/h2-13H,14H2,1H3. The summed E-state index contributed by atoms with van der Waals surface area (Å²) in [5.41, 5.74) is 1.52. The van der Waals surface area contributed by atoms with Crippen LogP contribution in [0, 0.1) is 6.92 Å². The fourth-order valence-corrected chi connectivity index (χ4v) is 3.65. The van der Waals surface area contributed by atoms with E-state index in [0.29, 0.717) is 5.56 Å². The van der Waals surface area contributed by atoms with E-state index in [1.54, 1.807) is 36.4 Å². The largest absolute Gasteiger partial charge is 0.454 e. The molecule has 0 N–H and O–H groups in total. The van der Waals surface area contributed by atoms with Gasteiger partial charge in [-0.15, -0.1) is 0 Å². The first-order chi connectivity index (χ1) is 14.2. The summed E-state index contributed by atoms with van der Waals surface area (Å²) in [4.78, 5) is 24.3. The molecular formula is C22H17BrO6S. The summed E-state index contributed by atoms with van der Waals surface area (Å²) in [5.74, 6) is -0.965. The molecule has 0 bridgehead atoms. The second-order valence-corrected chi connectivity index (χ2v) is 8.84. The van der Waals surface area contributed by atoms with Crippen molar-refractivity contribution in [2.75, 3.05) is 6.61 Å². The maximum Gasteiger partial charge on any atom is 0.339 e. The van der Waals surface area contributed by atoms with Gasteiger partial charge in [-0.1, -0.05) is 33.6 Å². The van der Waals surface area contributed by atoms with Gasteiger partial charge in [-0.2, -0.15) is 8.42 Å². The first kappa shape index (κ1) is 21.7. The number of ether oxygens (including phenoxy) is 1. The third kappa shape index (κ3) is 5.55. The quantitative estimate of drug-likeness (QED) is 0.275. The Labute approximate surface area is 182 Å². The summed E-state index contributed by atoms with van der Waals surface area (Å²) >= 11 is 3.27. The van der Waals surface area contributed by atoms with Crippen LogP contribution in [-0.2, 0) is 14.9 Å². The van der Waals surface area contributed by atoms with Crippen LogP contribution in [0.1, 0.15) is 26.3 Å². The lowest BCUT2D eigenvalue weighted by molar-refractivity contribution is 0.0474. The molecule has 0 spiro atoms. The van der Waals surface area contributed by atoms with Crippen LogP contribution in [0.3, 0.4) is 0 Å². The SMILES string of the molecule is Cc1ccc(S(=O)(=O)Oc2ccc(C(=O)COC(=O)c3ccc(Br)cc3)cc2)cc1. The van der Waals surface area contributed by atoms with Crippen LogP contribution in [0.5, 0.6) is 5.75 Å². The molecule has 154 valence electrons. The minimum atomic E-state index is -3.98. The first-order valence-electron chi connectivity index (χ1n) is 8.82. The van der Waals surface area contributed by atoms with E-state index in [1.807, 2.05) is 6.92 Å². The highest BCUT2D eigenvalue weighted by atomic mass is 79.9. The summed E-state index contributed by atoms with van der Waals surface area (Å²) in [5, 5.41) is 0. The van der Waals surface area contributed by atoms with Crippen LogP contribution < -0.4 is 4.18 Å². The summed E-state index contributed by atoms with van der Waals surface area (Å²) in [6, 6.07) is 18.4. The zero-order valence-electron chi connectivity index (χ0n) is 15.9. The molecule has 0 unspecified atom stereocenters. The molecule has 0 atom stereocenters. The summed E-state index contributed by atoms with van der Waals surface area (Å²) < 4.78 is 35.6. The Morgan fingerprint density at radius 1 is 0.833 bits per heavy atom. The molecular weight excluding hydrogens is 472 g/mol. The van der Waals surface area contributed by atoms with Crippen molar-refractivity contribution in [3.63, 3.8) is 0 Å². The maximum atomic E-state index is 12.3. The van der Waals surface area contributed by atoms with E-state index in [9.17, 15) is 18.0 Å². The molecule has 8 heteroatoms. The van der Waals surface area contributed by atoms with E-state index in [-0.39, 0.29) is 16.2 Å². The Kier molecular flexibility index (Phi) is 6.69. The smallest absolute Gasteiger partial charge is 0.339 e. The van der Waals surface area contributed by atoms with Gasteiger partial charge in [0.05, 0.1) is 5.56 Å². The van der Waals surface area contributed by atoms with Crippen LogP contribution in [0.25, 0.3) is 0 Å². The molecule has 0 fully saturated rings. The molecule has 0 radical (unpaired) electrons. The lowest BCUT2D eigenvalue weighted by atomic mass is 10.1. The van der Waals surface area contributed by atoms with Crippen LogP contribution in [-0.4, -0.2) is 26.8 Å². The predicted molar refractivity (Wildman–Crippen MR) is 114 cm³/mol. The van der Waals surface area contributed by atoms with Gasteiger partial charge in [0, 0.05) is 10.0 Å². The molecule has 3 aromatic carbocycles. The number of rotatable bonds is 7. The van der Waals surface area contributed by atoms with E-state index in [1.165, 1.54) is 36.4 Å². The average Bonchev–Trinajstić information content (AvgIpc) is 2.73. The van der Waals surface area contributed by atoms with E-state index in [0.717, 1.165) is 10.0 Å². The third-order valence-corrected chi connectivity index (χ3v) is 5.90. The van der Waals surface area contributed by atoms with Crippen molar-refractivity contribution in [2.45, 2.75) is 11.8 Å². The van der Waals surface area contributed by atoms with Crippen molar-refractivity contribution < 1.29 is 26.9 Å². The molecule has 0 heterocycles. The van der Waals surface area contributed by atoms with E-state index >= 15 is 0 Å². The number of carbonyl (C=O) groups is 2. The van der Waals surface area contributed by atoms with Crippen LogP contribution in [0.2, 0.25) is 0 Å². The second-order valence-electron chi connectivity index (χ2n) is 6.38. The van der Waals surface area contributed by atoms with Gasteiger partial charge in [0.1, 0.15) is 10.6 Å². The summed E-state index contributed by atoms with van der Waals surface area (Å²) in [6.45, 7) is 1.42. The van der Waals surface area contributed by atoms with Crippen molar-refractivity contribution in [3.8, 4) is 5.75 Å². The molecule has 0 aromatic heterocycles. The van der Waals surface area contributed by atoms with Crippen LogP contribution >= 0.6 is 15.9 Å². The van der Waals surface area contributed by atoms with Crippen molar-refractivity contribution in [1.29, 1.82) is 0 Å². The van der Waals surface area contributed by atoms with Crippen LogP contribution in [0.4, 0.5) is 0 Å². The Hall–Kier alpha value is -2.97. The number of halogens is 1. The van der Waals surface area contributed by atoms with Crippen molar-refractivity contribution >= 4 is 37.8 Å². The number of hydrogen-bond acceptors (Lipinski definition) is 6. The van der Waals surface area contributed by atoms with Gasteiger partial charge < -0.3 is 8.92 Å². The Morgan fingerprint density at radius 2 is 1.40 bits per heavy atom. The van der Waals surface area contributed by atoms with Gasteiger partial charge >= 0.3 is 16.1 Å². The molecule has 0 aliphatic rings. The number of hydrogen-bond donors (Lipinski definition) is 0. The van der Waals surface area contributed by atoms with Gasteiger partial charge in [-0.25, -0.2) is 4.79 Å². The molecule has 0 saturated heterocycles. The zero-order chi connectivity index (χ0) is 21.7. The van der Waals surface area contributed by atoms with E-state index in [2.05, 4.69) is 15.9 Å². The molecule has 30 heavy (non-hydrogen) atoms. The van der Waals surface area contributed by atoms with E-state index < -0.39 is 28.5 Å². The maximum absolute atomic E-state index is 12.3. The highest BCUT2D eigenvalue weighted by Crippen LogP contribution is 2.20. The lowest BCUT2D eigenvalue weighted by Crippen LogP contribution is -2.14. The van der Waals surface area contributed by atoms with E-state index in [4.69, 9.17) is 8.92 Å². The van der Waals surface area contributed by atoms with Gasteiger partial charge in [0.15, 0.2) is 12.4 Å². The van der Waals surface area contributed by atoms with Crippen molar-refractivity contribution in [1.82, 2.24) is 0 Å². The molecule has 3 rings (SSSR count). The Bertz CT molecular complexity index is 1150. The Morgan fingerprint density at radius 3 is 2.00 bits per heavy atom. The molecule has 3 aromatic rings. The molecule has 0 aliphatic carbocycles. The molecule has 0 amide bonds. The fourth-order valence-electron chi connectivity index (χ4n) is 2.46. The predicted octanol–water partition coefficient (Wildman–Crippen LogP) is 4.56. The molecule has 0 aliphatic heterocycles. The van der Waals surface area contributed by atoms with Gasteiger partial charge in [-0.05, 0) is 67.6 Å². The zero-order valence-corrected chi connectivity index (χ0v) is 18.3. The number of aryl methyl sites for hydroxylation is 1. The fraction of sp³-hybridized carbons (Fsp3) is 0.0909. The van der Waals surface area contributed by atoms with Crippen molar-refractivity contribution in [2.24, 2.45) is 0 Å². The number of esters is 1. The first-order valence-corrected chi connectivity index (χ1v) is 11.0. The molecule has 6 nitrogen and oxygen atoms in total. The lowest BCUT2D eigenvalue weighted by Gasteiger charge is -2.08. The number of benzene rings is 3. The number of ketones is 1. The van der Waals surface area contributed by atoms with Gasteiger partial charge in [0.25, 0.3) is 0 Å². The topological polar surface area (TPSA) is 86.7 Å². The highest BCUT2D eigenvalue weighted by Gasteiger charge is 2.17. The molecule has 0 saturated carbocycles. The van der Waals surface area contributed by atoms with Gasteiger partial charge in [-0.3, -0.25) is 4.79 Å².